The molecule has 22 heavy (non-hydrogen) atoms. The van der Waals surface area contributed by atoms with E-state index in [1.165, 1.54) is 38.5 Å². The van der Waals surface area contributed by atoms with Gasteiger partial charge in [-0.1, -0.05) is 65.2 Å². The zero-order chi connectivity index (χ0) is 16.6. The lowest BCUT2D eigenvalue weighted by atomic mass is 9.86. The predicted octanol–water partition coefficient (Wildman–Crippen LogP) is 4.63. The van der Waals surface area contributed by atoms with Gasteiger partial charge < -0.3 is 4.90 Å². The highest BCUT2D eigenvalue weighted by molar-refractivity contribution is 6.04. The molecule has 0 bridgehead atoms. The van der Waals surface area contributed by atoms with Crippen molar-refractivity contribution in [1.29, 1.82) is 0 Å². The number of hydrogen-bond donors (Lipinski definition) is 1. The molecule has 0 spiro atoms. The van der Waals surface area contributed by atoms with Gasteiger partial charge in [-0.15, -0.1) is 0 Å². The van der Waals surface area contributed by atoms with E-state index < -0.39 is 0 Å². The van der Waals surface area contributed by atoms with E-state index in [9.17, 15) is 9.59 Å². The number of nitrogens with one attached hydrogen (secondary N) is 1. The quantitative estimate of drug-likeness (QED) is 0.447. The number of nitrogens with zero attached hydrogens (tertiary/aromatic N) is 1. The number of carbonyl (C=O) groups excluding carboxylic acids is 2. The number of imide groups is 1. The average Bonchev–Trinajstić information content (AvgIpc) is 2.72. The number of unbranched alkanes of at least 4 members (excludes halogenated alkanes) is 6. The average molecular weight is 310 g/mol. The van der Waals surface area contributed by atoms with Crippen molar-refractivity contribution in [2.45, 2.75) is 103 Å². The van der Waals surface area contributed by atoms with Crippen LogP contribution in [-0.2, 0) is 4.79 Å². The fraction of sp³-hybridized carbons (Fsp3) is 0.889. The van der Waals surface area contributed by atoms with E-state index >= 15 is 0 Å². The number of amides is 3. The van der Waals surface area contributed by atoms with Crippen molar-refractivity contribution in [2.24, 2.45) is 0 Å². The first-order valence-corrected chi connectivity index (χ1v) is 9.10. The molecule has 1 unspecified atom stereocenters. The zero-order valence-corrected chi connectivity index (χ0v) is 14.9. The lowest BCUT2D eigenvalue weighted by Gasteiger charge is -2.40. The number of hydrogen-bond acceptors (Lipinski definition) is 2. The minimum Gasteiger partial charge on any atom is -0.307 e. The van der Waals surface area contributed by atoms with E-state index in [-0.39, 0.29) is 23.5 Å². The molecule has 128 valence electrons. The molecule has 0 radical (unpaired) electrons. The van der Waals surface area contributed by atoms with Gasteiger partial charge in [-0.2, -0.15) is 0 Å². The minimum absolute atomic E-state index is 0.155. The summed E-state index contributed by atoms with van der Waals surface area (Å²) in [6.45, 7) is 8.42. The van der Waals surface area contributed by atoms with Gasteiger partial charge in [0.05, 0.1) is 0 Å². The van der Waals surface area contributed by atoms with Crippen molar-refractivity contribution >= 4 is 11.9 Å². The summed E-state index contributed by atoms with van der Waals surface area (Å²) in [6, 6.07) is -0.542. The second kappa shape index (κ2) is 9.16. The van der Waals surface area contributed by atoms with Crippen molar-refractivity contribution in [3.05, 3.63) is 0 Å². The summed E-state index contributed by atoms with van der Waals surface area (Å²) in [7, 11) is 0. The number of carbonyl (C=O) groups is 2. The summed E-state index contributed by atoms with van der Waals surface area (Å²) in [5.41, 5.74) is -0.197. The Balaban J connectivity index is 2.68. The Morgan fingerprint density at radius 3 is 1.95 bits per heavy atom. The van der Waals surface area contributed by atoms with Crippen molar-refractivity contribution in [3.63, 3.8) is 0 Å². The van der Waals surface area contributed by atoms with Crippen LogP contribution < -0.4 is 5.32 Å². The normalized spacial score (nSPS) is 21.1. The monoisotopic (exact) mass is 310 g/mol. The molecular formula is C18H34N2O2. The third-order valence-electron chi connectivity index (χ3n) is 4.94. The summed E-state index contributed by atoms with van der Waals surface area (Å²) in [4.78, 5) is 25.8. The molecule has 1 fully saturated rings. The van der Waals surface area contributed by atoms with Crippen LogP contribution in [0.15, 0.2) is 0 Å². The second-order valence-electron chi connectivity index (χ2n) is 6.96. The van der Waals surface area contributed by atoms with Crippen molar-refractivity contribution in [1.82, 2.24) is 10.2 Å². The van der Waals surface area contributed by atoms with Gasteiger partial charge >= 0.3 is 6.03 Å². The predicted molar refractivity (Wildman–Crippen MR) is 90.8 cm³/mol. The van der Waals surface area contributed by atoms with Gasteiger partial charge in [0.25, 0.3) is 5.91 Å². The van der Waals surface area contributed by atoms with Crippen LogP contribution in [0.3, 0.4) is 0 Å². The van der Waals surface area contributed by atoms with E-state index in [1.807, 2.05) is 11.8 Å². The first-order chi connectivity index (χ1) is 10.5. The Morgan fingerprint density at radius 2 is 1.45 bits per heavy atom. The maximum Gasteiger partial charge on any atom is 0.325 e. The van der Waals surface area contributed by atoms with Crippen LogP contribution in [0.25, 0.3) is 0 Å². The fourth-order valence-corrected chi connectivity index (χ4v) is 3.51. The van der Waals surface area contributed by atoms with Crippen LogP contribution in [0.1, 0.15) is 91.9 Å². The highest BCUT2D eigenvalue weighted by Gasteiger charge is 2.45. The zero-order valence-electron chi connectivity index (χ0n) is 14.9. The topological polar surface area (TPSA) is 49.4 Å². The van der Waals surface area contributed by atoms with Crippen molar-refractivity contribution in [3.8, 4) is 0 Å². The Bertz CT molecular complexity index is 370. The SMILES string of the molecule is CCCCCCCC(C)(CCCCC)N1C(=O)NC(=O)[C@@H]1C. The Kier molecular flexibility index (Phi) is 7.91. The van der Waals surface area contributed by atoms with Gasteiger partial charge in [-0.25, -0.2) is 4.79 Å². The lowest BCUT2D eigenvalue weighted by molar-refractivity contribution is -0.122. The highest BCUT2D eigenvalue weighted by Crippen LogP contribution is 2.32. The molecule has 4 nitrogen and oxygen atoms in total. The van der Waals surface area contributed by atoms with Crippen LogP contribution in [0.2, 0.25) is 0 Å². The molecule has 0 aromatic heterocycles. The highest BCUT2D eigenvalue weighted by atomic mass is 16.2. The smallest absolute Gasteiger partial charge is 0.307 e. The summed E-state index contributed by atoms with van der Waals surface area (Å²) >= 11 is 0. The van der Waals surface area contributed by atoms with Gasteiger partial charge in [-0.3, -0.25) is 10.1 Å². The molecule has 1 saturated heterocycles. The van der Waals surface area contributed by atoms with Crippen molar-refractivity contribution < 1.29 is 9.59 Å². The van der Waals surface area contributed by atoms with Gasteiger partial charge in [0.1, 0.15) is 6.04 Å². The molecule has 4 heteroatoms. The first kappa shape index (κ1) is 19.0. The molecule has 3 amide bonds. The summed E-state index contributed by atoms with van der Waals surface area (Å²) < 4.78 is 0. The molecular weight excluding hydrogens is 276 g/mol. The minimum atomic E-state index is -0.338. The third-order valence-corrected chi connectivity index (χ3v) is 4.94. The third kappa shape index (κ3) is 4.99. The van der Waals surface area contributed by atoms with Gasteiger partial charge in [0.15, 0.2) is 0 Å². The summed E-state index contributed by atoms with van der Waals surface area (Å²) in [5.74, 6) is -0.155. The van der Waals surface area contributed by atoms with E-state index in [2.05, 4.69) is 26.1 Å². The van der Waals surface area contributed by atoms with E-state index in [0.717, 1.165) is 25.7 Å². The first-order valence-electron chi connectivity index (χ1n) is 9.10. The molecule has 0 aromatic carbocycles. The van der Waals surface area contributed by atoms with Crippen molar-refractivity contribution in [2.75, 3.05) is 0 Å². The van der Waals surface area contributed by atoms with Crippen LogP contribution >= 0.6 is 0 Å². The number of urea groups is 1. The standard InChI is InChI=1S/C18H34N2O2/c1-5-7-9-10-12-14-18(4,13-11-8-6-2)20-15(3)16(21)19-17(20)22/h15H,5-14H2,1-4H3,(H,19,21,22)/t15-,18?/m0/s1. The molecule has 0 aromatic rings. The van der Waals surface area contributed by atoms with Gasteiger partial charge in [0, 0.05) is 5.54 Å². The second-order valence-corrected chi connectivity index (χ2v) is 6.96. The largest absolute Gasteiger partial charge is 0.325 e. The maximum atomic E-state index is 12.2. The molecule has 1 heterocycles. The Morgan fingerprint density at radius 1 is 0.955 bits per heavy atom. The Hall–Kier alpha value is -1.06. The molecule has 0 aliphatic carbocycles. The Labute approximate surface area is 136 Å². The van der Waals surface area contributed by atoms with Crippen LogP contribution in [0.4, 0.5) is 4.79 Å². The number of rotatable bonds is 11. The fourth-order valence-electron chi connectivity index (χ4n) is 3.51. The van der Waals surface area contributed by atoms with E-state index in [4.69, 9.17) is 0 Å². The van der Waals surface area contributed by atoms with Crippen LogP contribution in [0.5, 0.6) is 0 Å². The summed E-state index contributed by atoms with van der Waals surface area (Å²) in [5, 5.41) is 2.47. The molecule has 2 atom stereocenters. The molecule has 1 N–H and O–H groups in total. The van der Waals surface area contributed by atoms with Gasteiger partial charge in [-0.05, 0) is 26.7 Å². The molecule has 1 aliphatic heterocycles. The maximum absolute atomic E-state index is 12.2. The molecule has 1 aliphatic rings. The van der Waals surface area contributed by atoms with Crippen LogP contribution in [0, 0.1) is 0 Å². The molecule has 1 rings (SSSR count). The van der Waals surface area contributed by atoms with Crippen LogP contribution in [-0.4, -0.2) is 28.4 Å². The van der Waals surface area contributed by atoms with Gasteiger partial charge in [0.2, 0.25) is 0 Å². The van der Waals surface area contributed by atoms with E-state index in [1.54, 1.807) is 0 Å². The lowest BCUT2D eigenvalue weighted by Crippen LogP contribution is -2.51. The van der Waals surface area contributed by atoms with E-state index in [0.29, 0.717) is 0 Å². The summed E-state index contributed by atoms with van der Waals surface area (Å²) in [6.07, 6.45) is 11.6. The molecule has 0 saturated carbocycles.